The zero-order valence-corrected chi connectivity index (χ0v) is 14.6. The minimum Gasteiger partial charge on any atom is -0.460 e. The highest BCUT2D eigenvalue weighted by Crippen LogP contribution is 2.24. The van der Waals surface area contributed by atoms with Crippen LogP contribution < -0.4 is 4.74 Å². The van der Waals surface area contributed by atoms with E-state index in [1.54, 1.807) is 6.07 Å². The Hall–Kier alpha value is -3.13. The summed E-state index contributed by atoms with van der Waals surface area (Å²) in [7, 11) is 0. The quantitative estimate of drug-likeness (QED) is 0.595. The lowest BCUT2D eigenvalue weighted by Crippen LogP contribution is -2.16. The van der Waals surface area contributed by atoms with Crippen LogP contribution in [0, 0.1) is 11.6 Å². The Kier molecular flexibility index (Phi) is 5.87. The molecule has 0 amide bonds. The van der Waals surface area contributed by atoms with E-state index in [2.05, 4.69) is 10.1 Å². The first-order chi connectivity index (χ1) is 13.1. The summed E-state index contributed by atoms with van der Waals surface area (Å²) < 4.78 is 38.9. The number of aromatic nitrogens is 3. The van der Waals surface area contributed by atoms with Gasteiger partial charge < -0.3 is 9.47 Å². The molecule has 8 heteroatoms. The number of nitrogens with zero attached hydrogens (tertiary/aromatic N) is 3. The van der Waals surface area contributed by atoms with Crippen molar-refractivity contribution in [2.75, 3.05) is 19.8 Å². The van der Waals surface area contributed by atoms with Gasteiger partial charge in [0.25, 0.3) is 5.91 Å². The molecule has 0 fully saturated rings. The van der Waals surface area contributed by atoms with Crippen LogP contribution in [-0.2, 0) is 4.74 Å². The molecule has 0 spiro atoms. The van der Waals surface area contributed by atoms with Gasteiger partial charge in [-0.25, -0.2) is 8.78 Å². The number of ether oxygens (including phenoxy) is 2. The molecular weight excluding hydrogens is 356 g/mol. The molecule has 0 N–H and O–H groups in total. The van der Waals surface area contributed by atoms with E-state index in [-0.39, 0.29) is 29.6 Å². The molecule has 0 bridgehead atoms. The van der Waals surface area contributed by atoms with E-state index in [0.29, 0.717) is 13.2 Å². The first kappa shape index (κ1) is 18.7. The third-order valence-electron chi connectivity index (χ3n) is 3.65. The summed E-state index contributed by atoms with van der Waals surface area (Å²) in [5.41, 5.74) is 0.278. The van der Waals surface area contributed by atoms with E-state index in [9.17, 15) is 13.6 Å². The van der Waals surface area contributed by atoms with E-state index in [4.69, 9.17) is 9.47 Å². The summed E-state index contributed by atoms with van der Waals surface area (Å²) in [6.07, 6.45) is 0. The number of carbonyl (C=O) groups excluding carboxylic acids is 1. The average Bonchev–Trinajstić information content (AvgIpc) is 3.09. The Morgan fingerprint density at radius 1 is 1.07 bits per heavy atom. The van der Waals surface area contributed by atoms with Gasteiger partial charge in [0.05, 0.1) is 12.2 Å². The summed E-state index contributed by atoms with van der Waals surface area (Å²) in [4.78, 5) is 16.9. The molecule has 27 heavy (non-hydrogen) atoms. The molecule has 0 aliphatic rings. The predicted molar refractivity (Wildman–Crippen MR) is 93.5 cm³/mol. The number of carbonyl (C=O) groups is 1. The molecular formula is C19H17F2N3O3. The number of rotatable bonds is 7. The lowest BCUT2D eigenvalue weighted by atomic mass is 10.2. The summed E-state index contributed by atoms with van der Waals surface area (Å²) in [5.74, 6) is -1.62. The number of benzene rings is 2. The van der Waals surface area contributed by atoms with Crippen LogP contribution in [-0.4, -0.2) is 40.5 Å². The molecule has 0 saturated heterocycles. The van der Waals surface area contributed by atoms with Crippen molar-refractivity contribution in [3.05, 3.63) is 65.7 Å². The second kappa shape index (κ2) is 8.50. The molecule has 6 nitrogen and oxygen atoms in total. The van der Waals surface area contributed by atoms with Crippen LogP contribution in [0.1, 0.15) is 17.3 Å². The van der Waals surface area contributed by atoms with Crippen molar-refractivity contribution in [3.63, 3.8) is 0 Å². The monoisotopic (exact) mass is 373 g/mol. The Balaban J connectivity index is 1.97. The fourth-order valence-corrected chi connectivity index (χ4v) is 2.36. The van der Waals surface area contributed by atoms with Crippen LogP contribution >= 0.6 is 0 Å². The van der Waals surface area contributed by atoms with Crippen molar-refractivity contribution in [1.82, 2.24) is 14.8 Å². The van der Waals surface area contributed by atoms with Crippen LogP contribution in [0.25, 0.3) is 11.4 Å². The summed E-state index contributed by atoms with van der Waals surface area (Å²) in [6.45, 7) is 2.89. The smallest absolute Gasteiger partial charge is 0.336 e. The van der Waals surface area contributed by atoms with Crippen molar-refractivity contribution in [2.45, 2.75) is 6.92 Å². The van der Waals surface area contributed by atoms with Crippen LogP contribution in [0.4, 0.5) is 8.78 Å². The topological polar surface area (TPSA) is 66.2 Å². The van der Waals surface area contributed by atoms with E-state index in [1.165, 1.54) is 30.3 Å². The van der Waals surface area contributed by atoms with Gasteiger partial charge in [-0.2, -0.15) is 9.67 Å². The lowest BCUT2D eigenvalue weighted by Gasteiger charge is -2.05. The molecule has 3 aromatic rings. The van der Waals surface area contributed by atoms with Crippen LogP contribution in [0.5, 0.6) is 6.01 Å². The molecule has 0 atom stereocenters. The van der Waals surface area contributed by atoms with Crippen molar-refractivity contribution in [1.29, 1.82) is 0 Å². The number of hydrogen-bond donors (Lipinski definition) is 0. The van der Waals surface area contributed by atoms with Crippen molar-refractivity contribution >= 4 is 5.91 Å². The largest absolute Gasteiger partial charge is 0.460 e. The SMILES string of the molecule is CCOCCOc1nc(-c2ccccc2F)n(C(=O)c2ccc(F)cc2)n1. The zero-order valence-electron chi connectivity index (χ0n) is 14.6. The molecule has 0 aliphatic heterocycles. The summed E-state index contributed by atoms with van der Waals surface area (Å²) >= 11 is 0. The number of hydrogen-bond acceptors (Lipinski definition) is 5. The Bertz CT molecular complexity index is 926. The first-order valence-electron chi connectivity index (χ1n) is 8.33. The fraction of sp³-hybridized carbons (Fsp3) is 0.211. The van der Waals surface area contributed by atoms with Crippen molar-refractivity contribution in [2.24, 2.45) is 0 Å². The number of halogens is 2. The van der Waals surface area contributed by atoms with Gasteiger partial charge in [0.1, 0.15) is 18.2 Å². The molecule has 0 unspecified atom stereocenters. The minimum absolute atomic E-state index is 0.00571. The van der Waals surface area contributed by atoms with Gasteiger partial charge in [0.2, 0.25) is 0 Å². The lowest BCUT2D eigenvalue weighted by molar-refractivity contribution is 0.0938. The van der Waals surface area contributed by atoms with E-state index >= 15 is 0 Å². The highest BCUT2D eigenvalue weighted by Gasteiger charge is 2.22. The second-order valence-corrected chi connectivity index (χ2v) is 5.47. The highest BCUT2D eigenvalue weighted by atomic mass is 19.1. The highest BCUT2D eigenvalue weighted by molar-refractivity contribution is 5.97. The van der Waals surface area contributed by atoms with Gasteiger partial charge in [-0.1, -0.05) is 12.1 Å². The molecule has 2 aromatic carbocycles. The molecule has 1 heterocycles. The minimum atomic E-state index is -0.583. The maximum absolute atomic E-state index is 14.2. The van der Waals surface area contributed by atoms with Gasteiger partial charge in [0, 0.05) is 12.2 Å². The molecule has 0 saturated carbocycles. The maximum atomic E-state index is 14.2. The molecule has 0 radical (unpaired) electrons. The van der Waals surface area contributed by atoms with Gasteiger partial charge in [-0.05, 0) is 43.3 Å². The van der Waals surface area contributed by atoms with Gasteiger partial charge in [0.15, 0.2) is 5.82 Å². The second-order valence-electron chi connectivity index (χ2n) is 5.47. The van der Waals surface area contributed by atoms with Crippen molar-refractivity contribution < 1.29 is 23.0 Å². The molecule has 1 aromatic heterocycles. The van der Waals surface area contributed by atoms with Gasteiger partial charge in [-0.3, -0.25) is 4.79 Å². The zero-order chi connectivity index (χ0) is 19.2. The Morgan fingerprint density at radius 2 is 1.81 bits per heavy atom. The van der Waals surface area contributed by atoms with E-state index in [1.807, 2.05) is 6.92 Å². The van der Waals surface area contributed by atoms with E-state index in [0.717, 1.165) is 16.8 Å². The van der Waals surface area contributed by atoms with Gasteiger partial charge in [-0.15, -0.1) is 5.10 Å². The fourth-order valence-electron chi connectivity index (χ4n) is 2.36. The van der Waals surface area contributed by atoms with Crippen LogP contribution in [0.2, 0.25) is 0 Å². The first-order valence-corrected chi connectivity index (χ1v) is 8.33. The molecule has 140 valence electrons. The Morgan fingerprint density at radius 3 is 2.52 bits per heavy atom. The third kappa shape index (κ3) is 4.35. The Labute approximate surface area is 154 Å². The van der Waals surface area contributed by atoms with Crippen molar-refractivity contribution in [3.8, 4) is 17.4 Å². The van der Waals surface area contributed by atoms with Crippen LogP contribution in [0.15, 0.2) is 48.5 Å². The summed E-state index contributed by atoms with van der Waals surface area (Å²) in [5, 5.41) is 4.04. The van der Waals surface area contributed by atoms with Gasteiger partial charge >= 0.3 is 6.01 Å². The molecule has 3 rings (SSSR count). The standard InChI is InChI=1S/C19H17F2N3O3/c1-2-26-11-12-27-19-22-17(15-5-3-4-6-16(15)21)24(23-19)18(25)13-7-9-14(20)10-8-13/h3-10H,2,11-12H2,1H3. The summed E-state index contributed by atoms with van der Waals surface area (Å²) in [6, 6.07) is 10.8. The third-order valence-corrected chi connectivity index (χ3v) is 3.65. The van der Waals surface area contributed by atoms with E-state index < -0.39 is 17.5 Å². The van der Waals surface area contributed by atoms with Crippen LogP contribution in [0.3, 0.4) is 0 Å². The normalized spacial score (nSPS) is 10.8. The molecule has 0 aliphatic carbocycles. The predicted octanol–water partition coefficient (Wildman–Crippen LogP) is 3.33. The maximum Gasteiger partial charge on any atom is 0.336 e. The average molecular weight is 373 g/mol.